The molecule has 2 rings (SSSR count). The average molecular weight is 340 g/mol. The maximum atomic E-state index is 12.1. The average Bonchev–Trinajstić information content (AvgIpc) is 2.55. The lowest BCUT2D eigenvalue weighted by molar-refractivity contribution is -0.167. The quantitative estimate of drug-likeness (QED) is 0.683. The van der Waals surface area contributed by atoms with Crippen molar-refractivity contribution in [3.05, 3.63) is 35.9 Å². The van der Waals surface area contributed by atoms with Crippen LogP contribution in [0.25, 0.3) is 0 Å². The van der Waals surface area contributed by atoms with E-state index in [-0.39, 0.29) is 18.4 Å². The molecule has 130 valence electrons. The zero-order valence-corrected chi connectivity index (χ0v) is 15.2. The summed E-state index contributed by atoms with van der Waals surface area (Å²) in [6.45, 7) is 7.42. The summed E-state index contributed by atoms with van der Waals surface area (Å²) < 4.78 is 5.99. The molecule has 1 aromatic rings. The van der Waals surface area contributed by atoms with Crippen LogP contribution in [0.4, 0.5) is 0 Å². The summed E-state index contributed by atoms with van der Waals surface area (Å²) in [5, 5.41) is 0. The van der Waals surface area contributed by atoms with Crippen molar-refractivity contribution in [2.45, 2.75) is 58.0 Å². The third-order valence-electron chi connectivity index (χ3n) is 4.55. The normalized spacial score (nSPS) is 17.3. The summed E-state index contributed by atoms with van der Waals surface area (Å²) in [6, 6.07) is 10.3. The van der Waals surface area contributed by atoms with Crippen molar-refractivity contribution in [1.29, 1.82) is 0 Å². The number of hydrogen-bond acceptors (Lipinski definition) is 3. The van der Waals surface area contributed by atoms with E-state index < -0.39 is 5.60 Å². The van der Waals surface area contributed by atoms with Gasteiger partial charge in [-0.2, -0.15) is 0 Å². The lowest BCUT2D eigenvalue weighted by Crippen LogP contribution is -2.45. The largest absolute Gasteiger partial charge is 0.454 e. The van der Waals surface area contributed by atoms with Gasteiger partial charge in [0.25, 0.3) is 0 Å². The molecule has 3 nitrogen and oxygen atoms in total. The van der Waals surface area contributed by atoms with Gasteiger partial charge in [-0.05, 0) is 24.9 Å². The Bertz CT molecular complexity index is 456. The number of ether oxygens (including phenoxy) is 1. The van der Waals surface area contributed by atoms with E-state index >= 15 is 0 Å². The molecule has 1 heterocycles. The van der Waals surface area contributed by atoms with Gasteiger partial charge in [-0.3, -0.25) is 4.79 Å². The van der Waals surface area contributed by atoms with Gasteiger partial charge in [-0.15, -0.1) is 12.4 Å². The van der Waals surface area contributed by atoms with Crippen molar-refractivity contribution in [2.24, 2.45) is 0 Å². The number of nitrogens with zero attached hydrogens (tertiary/aromatic N) is 1. The first-order valence-electron chi connectivity index (χ1n) is 8.70. The van der Waals surface area contributed by atoms with E-state index in [2.05, 4.69) is 24.0 Å². The highest BCUT2D eigenvalue weighted by Gasteiger charge is 2.39. The molecule has 0 aromatic heterocycles. The number of benzene rings is 1. The maximum Gasteiger partial charge on any atom is 0.306 e. The number of carbonyl (C=O) groups is 1. The smallest absolute Gasteiger partial charge is 0.306 e. The molecule has 0 N–H and O–H groups in total. The van der Waals surface area contributed by atoms with Crippen molar-refractivity contribution in [1.82, 2.24) is 4.90 Å². The monoisotopic (exact) mass is 339 g/mol. The SMILES string of the molecule is CCCCN1CCC(OC(=O)CCC)(c2ccccc2)CC1.Cl. The predicted octanol–water partition coefficient (Wildman–Crippen LogP) is 4.54. The van der Waals surface area contributed by atoms with Crippen LogP contribution in [-0.2, 0) is 15.1 Å². The molecule has 1 aliphatic rings. The first-order chi connectivity index (χ1) is 10.7. The van der Waals surface area contributed by atoms with E-state index in [1.165, 1.54) is 12.8 Å². The lowest BCUT2D eigenvalue weighted by Gasteiger charge is -2.41. The lowest BCUT2D eigenvalue weighted by atomic mass is 9.84. The molecule has 1 fully saturated rings. The van der Waals surface area contributed by atoms with Gasteiger partial charge in [-0.1, -0.05) is 50.6 Å². The van der Waals surface area contributed by atoms with Gasteiger partial charge >= 0.3 is 5.97 Å². The Labute approximate surface area is 146 Å². The Morgan fingerprint density at radius 3 is 2.35 bits per heavy atom. The van der Waals surface area contributed by atoms with Gasteiger partial charge in [0.15, 0.2) is 0 Å². The number of rotatable bonds is 7. The summed E-state index contributed by atoms with van der Waals surface area (Å²) in [4.78, 5) is 14.6. The molecule has 0 bridgehead atoms. The fourth-order valence-electron chi connectivity index (χ4n) is 3.18. The summed E-state index contributed by atoms with van der Waals surface area (Å²) in [7, 11) is 0. The fraction of sp³-hybridized carbons (Fsp3) is 0.632. The highest BCUT2D eigenvalue weighted by molar-refractivity contribution is 5.85. The minimum absolute atomic E-state index is 0. The second-order valence-electron chi connectivity index (χ2n) is 6.28. The van der Waals surface area contributed by atoms with Gasteiger partial charge in [0.05, 0.1) is 0 Å². The molecular weight excluding hydrogens is 310 g/mol. The molecule has 23 heavy (non-hydrogen) atoms. The van der Waals surface area contributed by atoms with Crippen LogP contribution >= 0.6 is 12.4 Å². The van der Waals surface area contributed by atoms with Gasteiger partial charge in [-0.25, -0.2) is 0 Å². The van der Waals surface area contributed by atoms with Crippen molar-refractivity contribution >= 4 is 18.4 Å². The zero-order valence-electron chi connectivity index (χ0n) is 14.4. The predicted molar refractivity (Wildman–Crippen MR) is 97.0 cm³/mol. The Kier molecular flexibility index (Phi) is 8.64. The second kappa shape index (κ2) is 9.94. The molecule has 4 heteroatoms. The highest BCUT2D eigenvalue weighted by atomic mass is 35.5. The van der Waals surface area contributed by atoms with E-state index in [9.17, 15) is 4.79 Å². The minimum Gasteiger partial charge on any atom is -0.454 e. The van der Waals surface area contributed by atoms with Crippen LogP contribution in [0.5, 0.6) is 0 Å². The zero-order chi connectivity index (χ0) is 15.8. The van der Waals surface area contributed by atoms with E-state index in [1.54, 1.807) is 0 Å². The highest BCUT2D eigenvalue weighted by Crippen LogP contribution is 2.37. The Hall–Kier alpha value is -1.06. The van der Waals surface area contributed by atoms with Crippen molar-refractivity contribution in [3.63, 3.8) is 0 Å². The van der Waals surface area contributed by atoms with Crippen LogP contribution in [0.15, 0.2) is 30.3 Å². The third-order valence-corrected chi connectivity index (χ3v) is 4.55. The van der Waals surface area contributed by atoms with E-state index in [4.69, 9.17) is 4.74 Å². The van der Waals surface area contributed by atoms with Crippen molar-refractivity contribution in [3.8, 4) is 0 Å². The number of unbranched alkanes of at least 4 members (excludes halogenated alkanes) is 1. The van der Waals surface area contributed by atoms with Gasteiger partial charge in [0, 0.05) is 32.4 Å². The van der Waals surface area contributed by atoms with Crippen LogP contribution < -0.4 is 0 Å². The number of halogens is 1. The molecule has 0 spiro atoms. The molecular formula is C19H30ClNO2. The van der Waals surface area contributed by atoms with Crippen LogP contribution in [-0.4, -0.2) is 30.5 Å². The summed E-state index contributed by atoms with van der Waals surface area (Å²) in [6.07, 6.45) is 5.62. The standard InChI is InChI=1S/C19H29NO2.ClH/c1-3-5-14-20-15-12-19(13-16-20,22-18(21)9-4-2)17-10-7-6-8-11-17;/h6-8,10-11H,3-5,9,12-16H2,1-2H3;1H. The van der Waals surface area contributed by atoms with Crippen LogP contribution in [0.2, 0.25) is 0 Å². The fourth-order valence-corrected chi connectivity index (χ4v) is 3.18. The minimum atomic E-state index is -0.420. The van der Waals surface area contributed by atoms with E-state index in [0.29, 0.717) is 6.42 Å². The van der Waals surface area contributed by atoms with Gasteiger partial charge in [0.2, 0.25) is 0 Å². The van der Waals surface area contributed by atoms with E-state index in [0.717, 1.165) is 44.5 Å². The van der Waals surface area contributed by atoms with Crippen LogP contribution in [0, 0.1) is 0 Å². The van der Waals surface area contributed by atoms with Crippen molar-refractivity contribution in [2.75, 3.05) is 19.6 Å². The topological polar surface area (TPSA) is 29.5 Å². The molecule has 0 saturated carbocycles. The maximum absolute atomic E-state index is 12.1. The Morgan fingerprint density at radius 1 is 1.13 bits per heavy atom. The van der Waals surface area contributed by atoms with E-state index in [1.807, 2.05) is 25.1 Å². The first-order valence-corrected chi connectivity index (χ1v) is 8.70. The van der Waals surface area contributed by atoms with Crippen molar-refractivity contribution < 1.29 is 9.53 Å². The number of carbonyl (C=O) groups excluding carboxylic acids is 1. The molecule has 1 aliphatic heterocycles. The Morgan fingerprint density at radius 2 is 1.78 bits per heavy atom. The number of likely N-dealkylation sites (tertiary alicyclic amines) is 1. The molecule has 0 aliphatic carbocycles. The molecule has 1 saturated heterocycles. The summed E-state index contributed by atoms with van der Waals surface area (Å²) >= 11 is 0. The van der Waals surface area contributed by atoms with Gasteiger partial charge < -0.3 is 9.64 Å². The summed E-state index contributed by atoms with van der Waals surface area (Å²) in [5.74, 6) is -0.0617. The number of piperidine rings is 1. The third kappa shape index (κ3) is 5.50. The molecule has 0 amide bonds. The molecule has 0 radical (unpaired) electrons. The van der Waals surface area contributed by atoms with Crippen LogP contribution in [0.3, 0.4) is 0 Å². The second-order valence-corrected chi connectivity index (χ2v) is 6.28. The number of esters is 1. The summed E-state index contributed by atoms with van der Waals surface area (Å²) in [5.41, 5.74) is 0.727. The molecule has 0 unspecified atom stereocenters. The number of hydrogen-bond donors (Lipinski definition) is 0. The molecule has 0 atom stereocenters. The van der Waals surface area contributed by atoms with Crippen LogP contribution in [0.1, 0.15) is 57.9 Å². The Balaban J connectivity index is 0.00000264. The first kappa shape index (κ1) is 20.0. The van der Waals surface area contributed by atoms with Gasteiger partial charge in [0.1, 0.15) is 5.60 Å². The molecule has 1 aromatic carbocycles.